The van der Waals surface area contributed by atoms with Gasteiger partial charge in [0.05, 0.1) is 24.4 Å². The van der Waals surface area contributed by atoms with Crippen LogP contribution in [0.25, 0.3) is 5.52 Å². The second-order valence-corrected chi connectivity index (χ2v) is 2.58. The van der Waals surface area contributed by atoms with Gasteiger partial charge in [-0.05, 0) is 6.07 Å². The summed E-state index contributed by atoms with van der Waals surface area (Å²) in [4.78, 5) is 10.6. The molecule has 0 bridgehead atoms. The summed E-state index contributed by atoms with van der Waals surface area (Å²) < 4.78 is 6.66. The van der Waals surface area contributed by atoms with Crippen LogP contribution in [0, 0.1) is 0 Å². The Bertz CT molecular complexity index is 448. The highest BCUT2D eigenvalue weighted by Gasteiger charge is 2.05. The summed E-state index contributed by atoms with van der Waals surface area (Å²) >= 11 is 0. The van der Waals surface area contributed by atoms with Gasteiger partial charge in [0.1, 0.15) is 0 Å². The van der Waals surface area contributed by atoms with E-state index >= 15 is 0 Å². The van der Waals surface area contributed by atoms with Crippen molar-refractivity contribution in [3.05, 3.63) is 30.0 Å². The van der Waals surface area contributed by atoms with Crippen molar-refractivity contribution < 1.29 is 9.53 Å². The Morgan fingerprint density at radius 2 is 2.38 bits per heavy atom. The van der Waals surface area contributed by atoms with Crippen molar-refractivity contribution in [3.8, 4) is 5.88 Å². The van der Waals surface area contributed by atoms with Crippen molar-refractivity contribution in [1.82, 2.24) is 9.61 Å². The topological polar surface area (TPSA) is 43.6 Å². The molecular formula is C9H8N2O2. The van der Waals surface area contributed by atoms with Gasteiger partial charge >= 0.3 is 0 Å². The third-order valence-electron chi connectivity index (χ3n) is 1.87. The first-order valence-electron chi connectivity index (χ1n) is 3.82. The molecule has 0 fully saturated rings. The maximum Gasteiger partial charge on any atom is 0.214 e. The number of fused-ring (bicyclic) bond motifs is 1. The van der Waals surface area contributed by atoms with Gasteiger partial charge in [0.15, 0.2) is 6.29 Å². The predicted molar refractivity (Wildman–Crippen MR) is 47.1 cm³/mol. The highest BCUT2D eigenvalue weighted by atomic mass is 16.5. The van der Waals surface area contributed by atoms with Gasteiger partial charge in [-0.2, -0.15) is 5.10 Å². The predicted octanol–water partition coefficient (Wildman–Crippen LogP) is 1.16. The largest absolute Gasteiger partial charge is 0.481 e. The minimum Gasteiger partial charge on any atom is -0.481 e. The number of carbonyl (C=O) groups is 1. The molecule has 4 heteroatoms. The molecular weight excluding hydrogens is 168 g/mol. The average molecular weight is 176 g/mol. The first-order chi connectivity index (χ1) is 6.36. The monoisotopic (exact) mass is 176 g/mol. The summed E-state index contributed by atoms with van der Waals surface area (Å²) in [5.74, 6) is 0.616. The fourth-order valence-electron chi connectivity index (χ4n) is 1.25. The average Bonchev–Trinajstić information content (AvgIpc) is 2.60. The number of methoxy groups -OCH3 is 1. The molecule has 0 amide bonds. The number of aldehydes is 1. The molecule has 0 atom stereocenters. The Hall–Kier alpha value is -1.84. The van der Waals surface area contributed by atoms with Crippen molar-refractivity contribution >= 4 is 11.8 Å². The summed E-state index contributed by atoms with van der Waals surface area (Å²) in [5, 5.41) is 4.02. The minimum atomic E-state index is 0.568. The number of rotatable bonds is 2. The van der Waals surface area contributed by atoms with Crippen molar-refractivity contribution in [2.24, 2.45) is 0 Å². The Kier molecular flexibility index (Phi) is 1.73. The van der Waals surface area contributed by atoms with E-state index in [4.69, 9.17) is 4.74 Å². The Balaban J connectivity index is 2.79. The number of hydrogen-bond donors (Lipinski definition) is 0. The van der Waals surface area contributed by atoms with Crippen molar-refractivity contribution in [2.75, 3.05) is 7.11 Å². The van der Waals surface area contributed by atoms with E-state index in [-0.39, 0.29) is 0 Å². The van der Waals surface area contributed by atoms with Crippen LogP contribution >= 0.6 is 0 Å². The Morgan fingerprint density at radius 1 is 1.54 bits per heavy atom. The lowest BCUT2D eigenvalue weighted by Crippen LogP contribution is -1.94. The number of ether oxygens (including phenoxy) is 1. The van der Waals surface area contributed by atoms with Gasteiger partial charge in [0.2, 0.25) is 5.88 Å². The van der Waals surface area contributed by atoms with E-state index in [9.17, 15) is 4.79 Å². The Labute approximate surface area is 74.7 Å². The molecule has 4 nitrogen and oxygen atoms in total. The zero-order valence-electron chi connectivity index (χ0n) is 7.10. The summed E-state index contributed by atoms with van der Waals surface area (Å²) in [6, 6.07) is 5.43. The normalized spacial score (nSPS) is 10.2. The van der Waals surface area contributed by atoms with Crippen molar-refractivity contribution in [1.29, 1.82) is 0 Å². The third kappa shape index (κ3) is 1.07. The highest BCUT2D eigenvalue weighted by Crippen LogP contribution is 2.15. The lowest BCUT2D eigenvalue weighted by molar-refractivity contribution is 0.112. The molecule has 66 valence electrons. The molecule has 2 aromatic heterocycles. The van der Waals surface area contributed by atoms with Crippen LogP contribution in [0.3, 0.4) is 0 Å². The molecule has 0 spiro atoms. The summed E-state index contributed by atoms with van der Waals surface area (Å²) in [6.07, 6.45) is 2.30. The molecule has 0 aliphatic rings. The lowest BCUT2D eigenvalue weighted by Gasteiger charge is -2.01. The van der Waals surface area contributed by atoms with Crippen molar-refractivity contribution in [2.45, 2.75) is 0 Å². The Morgan fingerprint density at radius 3 is 3.08 bits per heavy atom. The van der Waals surface area contributed by atoms with Crippen LogP contribution in [0.1, 0.15) is 10.4 Å². The lowest BCUT2D eigenvalue weighted by atomic mass is 10.3. The standard InChI is InChI=1S/C9H8N2O2/c1-13-9-4-2-3-8-7(6-12)5-10-11(8)9/h2-6H,1H3. The van der Waals surface area contributed by atoms with Gasteiger partial charge in [-0.25, -0.2) is 4.52 Å². The quantitative estimate of drug-likeness (QED) is 0.645. The van der Waals surface area contributed by atoms with E-state index in [0.29, 0.717) is 11.4 Å². The molecule has 0 saturated carbocycles. The second kappa shape index (κ2) is 2.90. The number of aromatic nitrogens is 2. The number of carbonyl (C=O) groups excluding carboxylic acids is 1. The van der Waals surface area contributed by atoms with Crippen LogP contribution in [-0.2, 0) is 0 Å². The summed E-state index contributed by atoms with van der Waals surface area (Å²) in [7, 11) is 1.57. The number of pyridine rings is 1. The van der Waals surface area contributed by atoms with Crippen LogP contribution in [0.2, 0.25) is 0 Å². The molecule has 0 N–H and O–H groups in total. The fraction of sp³-hybridized carbons (Fsp3) is 0.111. The van der Waals surface area contributed by atoms with Crippen LogP contribution in [-0.4, -0.2) is 23.0 Å². The van der Waals surface area contributed by atoms with Gasteiger partial charge in [-0.3, -0.25) is 4.79 Å². The maximum absolute atomic E-state index is 10.6. The molecule has 0 radical (unpaired) electrons. The molecule has 0 saturated heterocycles. The fourth-order valence-corrected chi connectivity index (χ4v) is 1.25. The zero-order valence-corrected chi connectivity index (χ0v) is 7.10. The van der Waals surface area contributed by atoms with Gasteiger partial charge in [-0.1, -0.05) is 6.07 Å². The van der Waals surface area contributed by atoms with Gasteiger partial charge in [-0.15, -0.1) is 0 Å². The molecule has 2 aromatic rings. The minimum absolute atomic E-state index is 0.568. The summed E-state index contributed by atoms with van der Waals surface area (Å²) in [5.41, 5.74) is 1.33. The van der Waals surface area contributed by atoms with Gasteiger partial charge in [0.25, 0.3) is 0 Å². The zero-order chi connectivity index (χ0) is 9.26. The SMILES string of the molecule is COc1cccc2c(C=O)cnn12. The maximum atomic E-state index is 10.6. The number of nitrogens with zero attached hydrogens (tertiary/aromatic N) is 2. The smallest absolute Gasteiger partial charge is 0.214 e. The molecule has 0 aliphatic carbocycles. The van der Waals surface area contributed by atoms with Crippen LogP contribution in [0.15, 0.2) is 24.4 Å². The molecule has 0 aromatic carbocycles. The van der Waals surface area contributed by atoms with Gasteiger partial charge in [0, 0.05) is 6.07 Å². The first-order valence-corrected chi connectivity index (χ1v) is 3.82. The second-order valence-electron chi connectivity index (χ2n) is 2.58. The highest BCUT2D eigenvalue weighted by molar-refractivity contribution is 5.85. The van der Waals surface area contributed by atoms with Crippen LogP contribution < -0.4 is 4.74 Å². The molecule has 0 unspecified atom stereocenters. The van der Waals surface area contributed by atoms with Crippen LogP contribution in [0.5, 0.6) is 5.88 Å². The van der Waals surface area contributed by atoms with E-state index in [1.54, 1.807) is 17.7 Å². The number of hydrogen-bond acceptors (Lipinski definition) is 3. The van der Waals surface area contributed by atoms with E-state index in [1.165, 1.54) is 6.20 Å². The third-order valence-corrected chi connectivity index (χ3v) is 1.87. The molecule has 2 rings (SSSR count). The first kappa shape index (κ1) is 7.79. The molecule has 2 heterocycles. The summed E-state index contributed by atoms with van der Waals surface area (Å²) in [6.45, 7) is 0. The van der Waals surface area contributed by atoms with Crippen molar-refractivity contribution in [3.63, 3.8) is 0 Å². The van der Waals surface area contributed by atoms with E-state index < -0.39 is 0 Å². The van der Waals surface area contributed by atoms with E-state index in [2.05, 4.69) is 5.10 Å². The van der Waals surface area contributed by atoms with Crippen LogP contribution in [0.4, 0.5) is 0 Å². The molecule has 13 heavy (non-hydrogen) atoms. The van der Waals surface area contributed by atoms with Gasteiger partial charge < -0.3 is 4.74 Å². The molecule has 0 aliphatic heterocycles. The van der Waals surface area contributed by atoms with E-state index in [1.807, 2.05) is 12.1 Å². The van der Waals surface area contributed by atoms with E-state index in [0.717, 1.165) is 11.8 Å².